The number of fused-ring (bicyclic) bond motifs is 7. The van der Waals surface area contributed by atoms with E-state index in [1.807, 2.05) is 0 Å². The van der Waals surface area contributed by atoms with Crippen molar-refractivity contribution in [3.05, 3.63) is 198 Å². The van der Waals surface area contributed by atoms with Crippen molar-refractivity contribution in [3.8, 4) is 22.3 Å². The van der Waals surface area contributed by atoms with Gasteiger partial charge < -0.3 is 14.7 Å². The summed E-state index contributed by atoms with van der Waals surface area (Å²) in [6, 6.07) is 65.4. The number of hydrogen-bond acceptors (Lipinski definition) is 3. The Morgan fingerprint density at radius 1 is 0.457 bits per heavy atom. The maximum Gasteiger partial charge on any atom is 0.252 e. The van der Waals surface area contributed by atoms with Crippen molar-refractivity contribution >= 4 is 68.6 Å². The fourth-order valence-electron chi connectivity index (χ4n) is 13.1. The average molecular weight is 912 g/mol. The summed E-state index contributed by atoms with van der Waals surface area (Å²) < 4.78 is 0. The second-order valence-electron chi connectivity index (χ2n) is 23.5. The van der Waals surface area contributed by atoms with Gasteiger partial charge in [0.25, 0.3) is 6.71 Å². The van der Waals surface area contributed by atoms with Crippen molar-refractivity contribution in [1.29, 1.82) is 0 Å². The molecule has 1 fully saturated rings. The Labute approximate surface area is 417 Å². The van der Waals surface area contributed by atoms with Crippen LogP contribution in [-0.4, -0.2) is 12.3 Å². The van der Waals surface area contributed by atoms with Gasteiger partial charge in [0.2, 0.25) is 0 Å². The van der Waals surface area contributed by atoms with E-state index in [1.54, 1.807) is 0 Å². The van der Waals surface area contributed by atoms with Gasteiger partial charge in [0.05, 0.1) is 5.54 Å². The molecule has 8 aromatic rings. The Hall–Kier alpha value is -6.78. The van der Waals surface area contributed by atoms with E-state index in [0.717, 1.165) is 12.1 Å². The molecule has 2 unspecified atom stereocenters. The van der Waals surface area contributed by atoms with Gasteiger partial charge in [-0.05, 0) is 154 Å². The third-order valence-electron chi connectivity index (χ3n) is 17.0. The van der Waals surface area contributed by atoms with Crippen LogP contribution in [0, 0.1) is 13.8 Å². The Morgan fingerprint density at radius 3 is 1.64 bits per heavy atom. The molecule has 12 rings (SSSR count). The lowest BCUT2D eigenvalue weighted by atomic mass is 9.33. The maximum atomic E-state index is 2.83. The van der Waals surface area contributed by atoms with E-state index in [9.17, 15) is 0 Å². The van der Waals surface area contributed by atoms with Gasteiger partial charge in [0.15, 0.2) is 0 Å². The highest BCUT2D eigenvalue weighted by molar-refractivity contribution is 7.00. The topological polar surface area (TPSA) is 9.72 Å². The van der Waals surface area contributed by atoms with Crippen LogP contribution in [0.3, 0.4) is 0 Å². The third kappa shape index (κ3) is 6.76. The molecule has 348 valence electrons. The van der Waals surface area contributed by atoms with E-state index >= 15 is 0 Å². The van der Waals surface area contributed by atoms with Crippen molar-refractivity contribution in [3.63, 3.8) is 0 Å². The molecule has 4 aliphatic rings. The Balaban J connectivity index is 1.23. The zero-order valence-corrected chi connectivity index (χ0v) is 42.9. The monoisotopic (exact) mass is 912 g/mol. The summed E-state index contributed by atoms with van der Waals surface area (Å²) in [4.78, 5) is 8.12. The lowest BCUT2D eigenvalue weighted by Gasteiger charge is -2.51. The molecule has 0 spiro atoms. The van der Waals surface area contributed by atoms with Crippen molar-refractivity contribution < 1.29 is 0 Å². The van der Waals surface area contributed by atoms with Gasteiger partial charge in [-0.1, -0.05) is 188 Å². The van der Waals surface area contributed by atoms with E-state index < -0.39 is 0 Å². The van der Waals surface area contributed by atoms with Gasteiger partial charge in [-0.15, -0.1) is 0 Å². The number of rotatable bonds is 5. The fourth-order valence-corrected chi connectivity index (χ4v) is 13.1. The van der Waals surface area contributed by atoms with Gasteiger partial charge in [0.1, 0.15) is 0 Å². The average Bonchev–Trinajstić information content (AvgIpc) is 3.56. The van der Waals surface area contributed by atoms with Gasteiger partial charge in [0, 0.05) is 50.9 Å². The Bertz CT molecular complexity index is 3380. The molecule has 70 heavy (non-hydrogen) atoms. The largest absolute Gasteiger partial charge is 0.334 e. The summed E-state index contributed by atoms with van der Waals surface area (Å²) >= 11 is 0. The van der Waals surface area contributed by atoms with E-state index in [2.05, 4.69) is 254 Å². The van der Waals surface area contributed by atoms with E-state index in [-0.39, 0.29) is 28.5 Å². The second kappa shape index (κ2) is 15.9. The summed E-state index contributed by atoms with van der Waals surface area (Å²) in [6.07, 6.45) is 4.78. The molecule has 0 saturated heterocycles. The van der Waals surface area contributed by atoms with Crippen LogP contribution in [-0.2, 0) is 16.2 Å². The highest BCUT2D eigenvalue weighted by Crippen LogP contribution is 2.63. The number of hydrogen-bond donors (Lipinski definition) is 0. The zero-order valence-electron chi connectivity index (χ0n) is 42.9. The summed E-state index contributed by atoms with van der Waals surface area (Å²) in [5.74, 6) is 0. The fraction of sp³-hybridized carbons (Fsp3) is 0.273. The first-order valence-corrected chi connectivity index (χ1v) is 25.8. The first-order chi connectivity index (χ1) is 33.5. The first kappa shape index (κ1) is 44.4. The highest BCUT2D eigenvalue weighted by atomic mass is 15.3. The molecule has 1 aliphatic carbocycles. The minimum atomic E-state index is -0.138. The number of anilines is 8. The molecule has 4 heteroatoms. The molecule has 0 bridgehead atoms. The molecule has 0 radical (unpaired) electrons. The maximum absolute atomic E-state index is 2.83. The highest BCUT2D eigenvalue weighted by Gasteiger charge is 2.58. The van der Waals surface area contributed by atoms with E-state index in [1.165, 1.54) is 126 Å². The molecule has 3 heterocycles. The Morgan fingerprint density at radius 2 is 1.00 bits per heavy atom. The van der Waals surface area contributed by atoms with Crippen LogP contribution in [0.2, 0.25) is 0 Å². The summed E-state index contributed by atoms with van der Waals surface area (Å²) in [5, 5.41) is 0. The molecular formula is C66H66BN3. The number of nitrogens with zero attached hydrogens (tertiary/aromatic N) is 3. The molecule has 3 nitrogen and oxygen atoms in total. The SMILES string of the molecule is Cc1cc(C)c2c(c1)C1(C)CCCCC1(C)N2c1cc2c3c(c1)N(c1cccc(C(C)(C)C)c1)c1cc(C(C)(C)C)ccc1B3c1ccc(-c3ccccc3)cc1N2c1cccc(-c2ccccc2)c1. The lowest BCUT2D eigenvalue weighted by molar-refractivity contribution is 0.195. The quantitative estimate of drug-likeness (QED) is 0.159. The predicted molar refractivity (Wildman–Crippen MR) is 301 cm³/mol. The van der Waals surface area contributed by atoms with Crippen LogP contribution >= 0.6 is 0 Å². The molecule has 8 aromatic carbocycles. The molecular weight excluding hydrogens is 846 g/mol. The van der Waals surface area contributed by atoms with E-state index in [4.69, 9.17) is 0 Å². The van der Waals surface area contributed by atoms with Crippen molar-refractivity contribution in [1.82, 2.24) is 0 Å². The van der Waals surface area contributed by atoms with E-state index in [0.29, 0.717) is 0 Å². The van der Waals surface area contributed by atoms with Crippen molar-refractivity contribution in [2.45, 2.75) is 117 Å². The van der Waals surface area contributed by atoms with Crippen LogP contribution in [0.15, 0.2) is 170 Å². The molecule has 0 N–H and O–H groups in total. The van der Waals surface area contributed by atoms with Crippen LogP contribution in [0.4, 0.5) is 45.5 Å². The van der Waals surface area contributed by atoms with Gasteiger partial charge >= 0.3 is 0 Å². The first-order valence-electron chi connectivity index (χ1n) is 25.8. The number of benzene rings is 8. The van der Waals surface area contributed by atoms with Crippen molar-refractivity contribution in [2.75, 3.05) is 14.7 Å². The van der Waals surface area contributed by atoms with Crippen LogP contribution in [0.5, 0.6) is 0 Å². The lowest BCUT2D eigenvalue weighted by Crippen LogP contribution is -2.61. The van der Waals surface area contributed by atoms with Gasteiger partial charge in [-0.3, -0.25) is 0 Å². The molecule has 3 aliphatic heterocycles. The van der Waals surface area contributed by atoms with Crippen molar-refractivity contribution in [2.24, 2.45) is 0 Å². The summed E-state index contributed by atoms with van der Waals surface area (Å²) in [7, 11) is 0. The van der Waals surface area contributed by atoms with Crippen LogP contribution < -0.4 is 31.1 Å². The molecule has 2 atom stereocenters. The summed E-state index contributed by atoms with van der Waals surface area (Å²) in [5.41, 5.74) is 25.5. The Kier molecular flexibility index (Phi) is 10.1. The summed E-state index contributed by atoms with van der Waals surface area (Å²) in [6.45, 7) is 23.9. The smallest absolute Gasteiger partial charge is 0.252 e. The van der Waals surface area contributed by atoms with Crippen LogP contribution in [0.25, 0.3) is 22.3 Å². The normalized spacial score (nSPS) is 19.1. The van der Waals surface area contributed by atoms with Gasteiger partial charge in [-0.25, -0.2) is 0 Å². The van der Waals surface area contributed by atoms with Gasteiger partial charge in [-0.2, -0.15) is 0 Å². The second-order valence-corrected chi connectivity index (χ2v) is 23.5. The molecule has 0 aromatic heterocycles. The molecule has 1 saturated carbocycles. The standard InChI is InChI=1S/C66H66BN3/c1-43-35-44(2)62-54(36-43)65(9)33-17-18-34-66(65,10)70(62)53-41-59-61-60(42-53)69(52-28-20-26-49(39-52)63(3,4)5)58-40-50(64(6,7)8)30-32-56(58)67(61)55-31-29-48(46-23-15-12-16-24-46)38-57(55)68(59)51-27-19-25-47(37-51)45-21-13-11-14-22-45/h11-16,19-32,35-42H,17-18,33-34H2,1-10H3. The number of aryl methyl sites for hydroxylation is 2. The molecule has 0 amide bonds. The van der Waals surface area contributed by atoms with Crippen LogP contribution in [0.1, 0.15) is 109 Å². The predicted octanol–water partition coefficient (Wildman–Crippen LogP) is 16.1. The zero-order chi connectivity index (χ0) is 48.5. The third-order valence-corrected chi connectivity index (χ3v) is 17.0. The minimum Gasteiger partial charge on any atom is -0.334 e. The minimum absolute atomic E-state index is 0.00993.